The lowest BCUT2D eigenvalue weighted by atomic mass is 9.92. The number of nitrogens with zero attached hydrogens (tertiary/aromatic N) is 3. The number of fused-ring (bicyclic) bond motifs is 2. The Bertz CT molecular complexity index is 884. The van der Waals surface area contributed by atoms with E-state index in [0.29, 0.717) is 11.3 Å². The van der Waals surface area contributed by atoms with Gasteiger partial charge in [-0.25, -0.2) is 14.4 Å². The largest absolute Gasteiger partial charge is 0.363 e. The van der Waals surface area contributed by atoms with Crippen LogP contribution >= 0.6 is 0 Å². The average Bonchev–Trinajstić information content (AvgIpc) is 2.85. The van der Waals surface area contributed by atoms with Crippen LogP contribution in [0.15, 0.2) is 30.6 Å². The van der Waals surface area contributed by atoms with Crippen LogP contribution in [0.3, 0.4) is 0 Å². The van der Waals surface area contributed by atoms with Gasteiger partial charge >= 0.3 is 0 Å². The van der Waals surface area contributed by atoms with E-state index in [1.54, 1.807) is 6.07 Å². The molecule has 0 radical (unpaired) electrons. The Hall–Kier alpha value is -2.43. The molecule has 1 aromatic carbocycles. The third kappa shape index (κ3) is 2.27. The van der Waals surface area contributed by atoms with Crippen LogP contribution in [0.25, 0.3) is 10.9 Å². The van der Waals surface area contributed by atoms with E-state index in [-0.39, 0.29) is 11.9 Å². The molecule has 3 aromatic rings. The van der Waals surface area contributed by atoms with Gasteiger partial charge in [0.15, 0.2) is 0 Å². The third-order valence-electron chi connectivity index (χ3n) is 4.84. The van der Waals surface area contributed by atoms with Crippen LogP contribution in [-0.4, -0.2) is 14.5 Å². The van der Waals surface area contributed by atoms with Crippen molar-refractivity contribution in [1.29, 1.82) is 0 Å². The molecule has 1 unspecified atom stereocenters. The molecule has 5 heteroatoms. The maximum Gasteiger partial charge on any atom is 0.149 e. The molecule has 1 aliphatic rings. The van der Waals surface area contributed by atoms with Crippen molar-refractivity contribution in [2.24, 2.45) is 7.05 Å². The standard InChI is InChI=1S/C18H19FN4/c1-11-9-13-15(7-4-8-16(13)23(11)2)22-18-12-5-3-6-14(19)17(12)20-10-21-18/h3,5-6,9-10,15H,4,7-8H2,1-2H3,(H,20,21,22). The third-order valence-corrected chi connectivity index (χ3v) is 4.84. The summed E-state index contributed by atoms with van der Waals surface area (Å²) in [7, 11) is 2.12. The van der Waals surface area contributed by atoms with Gasteiger partial charge in [0.05, 0.1) is 6.04 Å². The molecule has 1 N–H and O–H groups in total. The number of aryl methyl sites for hydroxylation is 1. The van der Waals surface area contributed by atoms with Gasteiger partial charge in [0.2, 0.25) is 0 Å². The minimum atomic E-state index is -0.312. The highest BCUT2D eigenvalue weighted by Gasteiger charge is 2.24. The van der Waals surface area contributed by atoms with E-state index in [0.717, 1.165) is 24.6 Å². The summed E-state index contributed by atoms with van der Waals surface area (Å²) in [4.78, 5) is 8.42. The predicted molar refractivity (Wildman–Crippen MR) is 88.9 cm³/mol. The number of hydrogen-bond acceptors (Lipinski definition) is 3. The van der Waals surface area contributed by atoms with E-state index in [4.69, 9.17) is 0 Å². The maximum atomic E-state index is 13.9. The second-order valence-corrected chi connectivity index (χ2v) is 6.19. The Morgan fingerprint density at radius 2 is 2.17 bits per heavy atom. The number of halogens is 1. The first-order valence-electron chi connectivity index (χ1n) is 7.96. The molecule has 2 heterocycles. The second kappa shape index (κ2) is 5.33. The van der Waals surface area contributed by atoms with Crippen molar-refractivity contribution < 1.29 is 4.39 Å². The Kier molecular flexibility index (Phi) is 3.29. The van der Waals surface area contributed by atoms with Gasteiger partial charge in [0.1, 0.15) is 23.5 Å². The van der Waals surface area contributed by atoms with Gasteiger partial charge < -0.3 is 9.88 Å². The van der Waals surface area contributed by atoms with Gasteiger partial charge in [0.25, 0.3) is 0 Å². The fraction of sp³-hybridized carbons (Fsp3) is 0.333. The van der Waals surface area contributed by atoms with Gasteiger partial charge in [-0.1, -0.05) is 6.07 Å². The minimum absolute atomic E-state index is 0.208. The molecule has 118 valence electrons. The summed E-state index contributed by atoms with van der Waals surface area (Å²) in [6.45, 7) is 2.13. The predicted octanol–water partition coefficient (Wildman–Crippen LogP) is 3.91. The van der Waals surface area contributed by atoms with Crippen LogP contribution in [0.1, 0.15) is 35.8 Å². The number of para-hydroxylation sites is 1. The van der Waals surface area contributed by atoms with Crippen LogP contribution < -0.4 is 5.32 Å². The van der Waals surface area contributed by atoms with Crippen molar-refractivity contribution >= 4 is 16.7 Å². The van der Waals surface area contributed by atoms with E-state index in [1.807, 2.05) is 6.07 Å². The zero-order valence-corrected chi connectivity index (χ0v) is 13.3. The monoisotopic (exact) mass is 310 g/mol. The molecule has 4 rings (SSSR count). The normalized spacial score (nSPS) is 17.3. The van der Waals surface area contributed by atoms with E-state index < -0.39 is 0 Å². The fourth-order valence-electron chi connectivity index (χ4n) is 3.54. The lowest BCUT2D eigenvalue weighted by Gasteiger charge is -2.25. The lowest BCUT2D eigenvalue weighted by Crippen LogP contribution is -2.18. The van der Waals surface area contributed by atoms with Gasteiger partial charge in [-0.2, -0.15) is 0 Å². The first-order valence-corrected chi connectivity index (χ1v) is 7.96. The molecule has 0 bridgehead atoms. The van der Waals surface area contributed by atoms with Crippen LogP contribution in [0.5, 0.6) is 0 Å². The summed E-state index contributed by atoms with van der Waals surface area (Å²) in [5.74, 6) is 0.390. The maximum absolute atomic E-state index is 13.9. The summed E-state index contributed by atoms with van der Waals surface area (Å²) in [5, 5.41) is 4.25. The second-order valence-electron chi connectivity index (χ2n) is 6.19. The molecule has 23 heavy (non-hydrogen) atoms. The molecule has 2 aromatic heterocycles. The lowest BCUT2D eigenvalue weighted by molar-refractivity contribution is 0.577. The zero-order chi connectivity index (χ0) is 16.0. The Balaban J connectivity index is 1.76. The summed E-state index contributed by atoms with van der Waals surface area (Å²) in [5.41, 5.74) is 4.35. The number of rotatable bonds is 2. The summed E-state index contributed by atoms with van der Waals surface area (Å²) < 4.78 is 16.2. The van der Waals surface area contributed by atoms with Crippen LogP contribution in [-0.2, 0) is 13.5 Å². The van der Waals surface area contributed by atoms with Gasteiger partial charge in [-0.3, -0.25) is 0 Å². The zero-order valence-electron chi connectivity index (χ0n) is 13.3. The molecule has 0 amide bonds. The first-order chi connectivity index (χ1) is 11.1. The molecule has 1 aliphatic carbocycles. The van der Waals surface area contributed by atoms with Crippen molar-refractivity contribution in [2.75, 3.05) is 5.32 Å². The van der Waals surface area contributed by atoms with Crippen molar-refractivity contribution in [3.05, 3.63) is 53.4 Å². The highest BCUT2D eigenvalue weighted by Crippen LogP contribution is 2.35. The van der Waals surface area contributed by atoms with Crippen LogP contribution in [0.2, 0.25) is 0 Å². The molecule has 0 fully saturated rings. The Morgan fingerprint density at radius 3 is 3.04 bits per heavy atom. The summed E-state index contributed by atoms with van der Waals surface area (Å²) in [6.07, 6.45) is 4.72. The molecular weight excluding hydrogens is 291 g/mol. The Morgan fingerprint density at radius 1 is 1.30 bits per heavy atom. The van der Waals surface area contributed by atoms with E-state index >= 15 is 0 Å². The fourth-order valence-corrected chi connectivity index (χ4v) is 3.54. The molecule has 0 spiro atoms. The number of hydrogen-bond donors (Lipinski definition) is 1. The smallest absolute Gasteiger partial charge is 0.149 e. The summed E-state index contributed by atoms with van der Waals surface area (Å²) >= 11 is 0. The van der Waals surface area contributed by atoms with Gasteiger partial charge in [-0.15, -0.1) is 0 Å². The van der Waals surface area contributed by atoms with Crippen molar-refractivity contribution in [3.8, 4) is 0 Å². The van der Waals surface area contributed by atoms with Crippen LogP contribution in [0, 0.1) is 12.7 Å². The van der Waals surface area contributed by atoms with Crippen LogP contribution in [0.4, 0.5) is 10.2 Å². The van der Waals surface area contributed by atoms with E-state index in [1.165, 1.54) is 29.3 Å². The molecule has 0 saturated heterocycles. The van der Waals surface area contributed by atoms with E-state index in [2.05, 4.69) is 39.9 Å². The minimum Gasteiger partial charge on any atom is -0.363 e. The average molecular weight is 310 g/mol. The molecule has 0 saturated carbocycles. The van der Waals surface area contributed by atoms with Crippen molar-refractivity contribution in [3.63, 3.8) is 0 Å². The van der Waals surface area contributed by atoms with E-state index in [9.17, 15) is 4.39 Å². The van der Waals surface area contributed by atoms with Gasteiger partial charge in [-0.05, 0) is 49.9 Å². The SMILES string of the molecule is Cc1cc2c(n1C)CCCC2Nc1ncnc2c(F)cccc12. The molecule has 0 aliphatic heterocycles. The highest BCUT2D eigenvalue weighted by molar-refractivity contribution is 5.89. The topological polar surface area (TPSA) is 42.7 Å². The van der Waals surface area contributed by atoms with Crippen molar-refractivity contribution in [1.82, 2.24) is 14.5 Å². The Labute approximate surface area is 134 Å². The van der Waals surface area contributed by atoms with Gasteiger partial charge in [0, 0.05) is 23.8 Å². The van der Waals surface area contributed by atoms with Crippen molar-refractivity contribution in [2.45, 2.75) is 32.2 Å². The quantitative estimate of drug-likeness (QED) is 0.780. The molecule has 4 nitrogen and oxygen atoms in total. The molecule has 1 atom stereocenters. The molecular formula is C18H19FN4. The first kappa shape index (κ1) is 14.2. The number of benzene rings is 1. The number of aromatic nitrogens is 3. The number of anilines is 1. The number of nitrogens with one attached hydrogen (secondary N) is 1. The highest BCUT2D eigenvalue weighted by atomic mass is 19.1. The summed E-state index contributed by atoms with van der Waals surface area (Å²) in [6, 6.07) is 7.44.